The molecule has 0 aliphatic heterocycles. The normalized spacial score (nSPS) is 15.6. The van der Waals surface area contributed by atoms with Gasteiger partial charge in [0.2, 0.25) is 5.91 Å². The zero-order valence-electron chi connectivity index (χ0n) is 15.1. The van der Waals surface area contributed by atoms with Crippen molar-refractivity contribution in [3.63, 3.8) is 0 Å². The number of hydrogen-bond donors (Lipinski definition) is 1. The topological polar surface area (TPSA) is 64.7 Å². The molecule has 0 spiro atoms. The molecule has 0 bridgehead atoms. The summed E-state index contributed by atoms with van der Waals surface area (Å²) >= 11 is 11.8. The second-order valence-corrected chi connectivity index (χ2v) is 7.56. The number of nitrogens with zero attached hydrogens (tertiary/aromatic N) is 4. The zero-order chi connectivity index (χ0) is 20.5. The van der Waals surface area contributed by atoms with E-state index in [1.54, 1.807) is 6.20 Å². The standard InChI is InChI=1S/C17H20Cl2F3N5O/c1-2-12(27-9-11(18)8-24-27)16(28)23-6-3-7-26-14(10-4-5-10)13(19)15(25-26)17(20,21)22/h8-10,12H,2-7H2,1H3,(H,23,28). The highest BCUT2D eigenvalue weighted by Crippen LogP contribution is 2.46. The van der Waals surface area contributed by atoms with E-state index in [4.69, 9.17) is 23.2 Å². The molecule has 2 heterocycles. The van der Waals surface area contributed by atoms with Gasteiger partial charge < -0.3 is 5.32 Å². The van der Waals surface area contributed by atoms with Crippen LogP contribution < -0.4 is 5.32 Å². The van der Waals surface area contributed by atoms with E-state index in [1.807, 2.05) is 6.92 Å². The Balaban J connectivity index is 1.58. The molecule has 1 fully saturated rings. The lowest BCUT2D eigenvalue weighted by atomic mass is 10.2. The van der Waals surface area contributed by atoms with Crippen molar-refractivity contribution in [1.29, 1.82) is 0 Å². The summed E-state index contributed by atoms with van der Waals surface area (Å²) in [5.41, 5.74) is -0.598. The molecule has 2 aromatic rings. The van der Waals surface area contributed by atoms with Gasteiger partial charge in [-0.25, -0.2) is 0 Å². The number of amides is 1. The van der Waals surface area contributed by atoms with E-state index >= 15 is 0 Å². The van der Waals surface area contributed by atoms with Crippen LogP contribution in [0.15, 0.2) is 12.4 Å². The van der Waals surface area contributed by atoms with Crippen molar-refractivity contribution in [2.75, 3.05) is 6.54 Å². The first-order valence-corrected chi connectivity index (χ1v) is 9.78. The predicted octanol–water partition coefficient (Wildman–Crippen LogP) is 4.44. The fraction of sp³-hybridized carbons (Fsp3) is 0.588. The highest BCUT2D eigenvalue weighted by atomic mass is 35.5. The third-order valence-corrected chi connectivity index (χ3v) is 5.16. The number of carbonyl (C=O) groups is 1. The van der Waals surface area contributed by atoms with Crippen molar-refractivity contribution in [1.82, 2.24) is 24.9 Å². The molecule has 0 aromatic carbocycles. The lowest BCUT2D eigenvalue weighted by Gasteiger charge is -2.15. The Morgan fingerprint density at radius 2 is 2.11 bits per heavy atom. The Morgan fingerprint density at radius 3 is 2.64 bits per heavy atom. The minimum absolute atomic E-state index is 0.0275. The van der Waals surface area contributed by atoms with Gasteiger partial charge in [0.1, 0.15) is 6.04 Å². The summed E-state index contributed by atoms with van der Waals surface area (Å²) in [6.07, 6.45) is 1.02. The molecule has 1 amide bonds. The molecule has 0 saturated heterocycles. The molecule has 11 heteroatoms. The summed E-state index contributed by atoms with van der Waals surface area (Å²) in [6.45, 7) is 2.39. The second kappa shape index (κ2) is 8.32. The highest BCUT2D eigenvalue weighted by molar-refractivity contribution is 6.32. The van der Waals surface area contributed by atoms with E-state index in [0.29, 0.717) is 30.1 Å². The fourth-order valence-corrected chi connectivity index (χ4v) is 3.63. The molecule has 3 rings (SSSR count). The van der Waals surface area contributed by atoms with Crippen LogP contribution in [0.3, 0.4) is 0 Å². The summed E-state index contributed by atoms with van der Waals surface area (Å²) in [4.78, 5) is 12.4. The van der Waals surface area contributed by atoms with Gasteiger partial charge in [0, 0.05) is 25.2 Å². The lowest BCUT2D eigenvalue weighted by Crippen LogP contribution is -2.33. The molecule has 1 atom stereocenters. The average Bonchev–Trinajstić information content (AvgIpc) is 3.27. The zero-order valence-corrected chi connectivity index (χ0v) is 16.7. The SMILES string of the molecule is CCC(C(=O)NCCCn1nc(C(F)(F)F)c(Cl)c1C1CC1)n1cc(Cl)cn1. The van der Waals surface area contributed by atoms with Gasteiger partial charge in [0.15, 0.2) is 5.69 Å². The Kier molecular flexibility index (Phi) is 6.24. The predicted molar refractivity (Wildman–Crippen MR) is 98.4 cm³/mol. The van der Waals surface area contributed by atoms with Crippen LogP contribution in [0.1, 0.15) is 56.0 Å². The molecule has 28 heavy (non-hydrogen) atoms. The van der Waals surface area contributed by atoms with Gasteiger partial charge in [-0.3, -0.25) is 14.2 Å². The van der Waals surface area contributed by atoms with Crippen LogP contribution in [0.25, 0.3) is 0 Å². The van der Waals surface area contributed by atoms with Crippen LogP contribution in [-0.4, -0.2) is 32.0 Å². The molecular weight excluding hydrogens is 418 g/mol. The van der Waals surface area contributed by atoms with E-state index in [0.717, 1.165) is 12.8 Å². The van der Waals surface area contributed by atoms with Crippen molar-refractivity contribution in [2.24, 2.45) is 0 Å². The van der Waals surface area contributed by atoms with Crippen molar-refractivity contribution in [3.8, 4) is 0 Å². The summed E-state index contributed by atoms with van der Waals surface area (Å²) in [7, 11) is 0. The molecule has 1 aliphatic carbocycles. The number of aryl methyl sites for hydroxylation is 1. The van der Waals surface area contributed by atoms with Crippen LogP contribution in [0.4, 0.5) is 13.2 Å². The molecule has 154 valence electrons. The molecule has 1 saturated carbocycles. The third kappa shape index (κ3) is 4.63. The van der Waals surface area contributed by atoms with Gasteiger partial charge in [0.25, 0.3) is 0 Å². The summed E-state index contributed by atoms with van der Waals surface area (Å²) in [5.74, 6) is -0.195. The van der Waals surface area contributed by atoms with Gasteiger partial charge in [0.05, 0.1) is 21.9 Å². The van der Waals surface area contributed by atoms with Gasteiger partial charge in [-0.15, -0.1) is 0 Å². The fourth-order valence-electron chi connectivity index (χ4n) is 3.09. The maximum absolute atomic E-state index is 13.1. The first kappa shape index (κ1) is 21.0. The van der Waals surface area contributed by atoms with E-state index < -0.39 is 17.9 Å². The largest absolute Gasteiger partial charge is 0.436 e. The Labute approximate surface area is 170 Å². The van der Waals surface area contributed by atoms with Crippen molar-refractivity contribution in [3.05, 3.63) is 33.8 Å². The lowest BCUT2D eigenvalue weighted by molar-refractivity contribution is -0.141. The number of carbonyl (C=O) groups excluding carboxylic acids is 1. The van der Waals surface area contributed by atoms with Crippen molar-refractivity contribution < 1.29 is 18.0 Å². The molecule has 0 radical (unpaired) electrons. The van der Waals surface area contributed by atoms with E-state index in [1.165, 1.54) is 15.6 Å². The van der Waals surface area contributed by atoms with Gasteiger partial charge >= 0.3 is 6.18 Å². The monoisotopic (exact) mass is 437 g/mol. The first-order valence-electron chi connectivity index (χ1n) is 9.03. The average molecular weight is 438 g/mol. The van der Waals surface area contributed by atoms with Gasteiger partial charge in [-0.1, -0.05) is 30.1 Å². The maximum Gasteiger partial charge on any atom is 0.436 e. The number of rotatable bonds is 8. The molecule has 2 aromatic heterocycles. The Hall–Kier alpha value is -1.74. The van der Waals surface area contributed by atoms with E-state index in [2.05, 4.69) is 15.5 Å². The molecule has 6 nitrogen and oxygen atoms in total. The third-order valence-electron chi connectivity index (χ3n) is 4.59. The van der Waals surface area contributed by atoms with Crippen LogP contribution in [0.2, 0.25) is 10.0 Å². The minimum Gasteiger partial charge on any atom is -0.354 e. The minimum atomic E-state index is -4.58. The number of halogens is 5. The van der Waals surface area contributed by atoms with Gasteiger partial charge in [-0.2, -0.15) is 23.4 Å². The number of aromatic nitrogens is 4. The van der Waals surface area contributed by atoms with Crippen molar-refractivity contribution >= 4 is 29.1 Å². The quantitative estimate of drug-likeness (QED) is 0.620. The molecule has 1 aliphatic rings. The second-order valence-electron chi connectivity index (χ2n) is 6.75. The number of hydrogen-bond acceptors (Lipinski definition) is 3. The van der Waals surface area contributed by atoms with E-state index in [-0.39, 0.29) is 23.4 Å². The van der Waals surface area contributed by atoms with Crippen molar-refractivity contribution in [2.45, 2.75) is 57.3 Å². The van der Waals surface area contributed by atoms with Crippen LogP contribution in [0, 0.1) is 0 Å². The molecule has 1 N–H and O–H groups in total. The number of nitrogens with one attached hydrogen (secondary N) is 1. The summed E-state index contributed by atoms with van der Waals surface area (Å²) in [6, 6.07) is -0.495. The molecule has 1 unspecified atom stereocenters. The van der Waals surface area contributed by atoms with Gasteiger partial charge in [-0.05, 0) is 25.7 Å². The van der Waals surface area contributed by atoms with Crippen LogP contribution in [-0.2, 0) is 17.5 Å². The Bertz CT molecular complexity index is 844. The smallest absolute Gasteiger partial charge is 0.354 e. The van der Waals surface area contributed by atoms with Crippen LogP contribution >= 0.6 is 23.2 Å². The molecular formula is C17H20Cl2F3N5O. The summed E-state index contributed by atoms with van der Waals surface area (Å²) in [5, 5.41) is 10.6. The Morgan fingerprint density at radius 1 is 1.39 bits per heavy atom. The number of alkyl halides is 3. The highest BCUT2D eigenvalue weighted by Gasteiger charge is 2.41. The first-order chi connectivity index (χ1) is 13.2. The van der Waals surface area contributed by atoms with Crippen LogP contribution in [0.5, 0.6) is 0 Å². The summed E-state index contributed by atoms with van der Waals surface area (Å²) < 4.78 is 42.1. The maximum atomic E-state index is 13.1. The van der Waals surface area contributed by atoms with E-state index in [9.17, 15) is 18.0 Å².